The number of nitrogens with zero attached hydrogens (tertiary/aromatic N) is 8. The molecule has 2 N–H and O–H groups in total. The Kier molecular flexibility index (Phi) is 13.4. The van der Waals surface area contributed by atoms with Crippen LogP contribution in [0.5, 0.6) is 0 Å². The van der Waals surface area contributed by atoms with Crippen LogP contribution in [0.1, 0.15) is 36.1 Å². The number of aliphatic hydroxyl groups excluding tert-OH is 2. The smallest absolute Gasteiger partial charge is 0.162 e. The van der Waals surface area contributed by atoms with Crippen molar-refractivity contribution in [1.82, 2.24) is 19.9 Å². The van der Waals surface area contributed by atoms with Gasteiger partial charge in [-0.1, -0.05) is 24.3 Å². The van der Waals surface area contributed by atoms with E-state index in [0.717, 1.165) is 99.2 Å². The maximum absolute atomic E-state index is 14.5. The van der Waals surface area contributed by atoms with E-state index in [2.05, 4.69) is 66.8 Å². The Balaban J connectivity index is 0.000000155. The standard InChI is InChI=1S/C32H33FN4O3.C29H29FN4O3/c1-21-29(26-6-4-5-11-34-26)35-27-16-22(33)7-9-24(27)30(21)37-18-32(19-39-31(2,3)40-20-32)25-10-8-23(17-28(25)37)36-12-14-38-15-13-36;1-19-27(24-4-2-3-9-31-24)32-25-14-20(30)5-7-22(25)28(19)34-16-29(17-35,18-36)23-8-6-21(15-26(23)34)33-10-12-37-13-11-33/h4-11,16-17H,12-15,18-20H2,1-3H3;2-9,14-15,35-36H,10-13,16-18H2,1H3. The van der Waals surface area contributed by atoms with Gasteiger partial charge in [0.05, 0.1) is 109 Å². The molecule has 13 rings (SSSR count). The minimum absolute atomic E-state index is 0.201. The molecule has 4 aromatic heterocycles. The third kappa shape index (κ3) is 9.19. The second-order valence-electron chi connectivity index (χ2n) is 21.2. The second kappa shape index (κ2) is 20.3. The molecule has 5 aliphatic heterocycles. The minimum atomic E-state index is -0.841. The van der Waals surface area contributed by atoms with Gasteiger partial charge in [-0.05, 0) is 112 Å². The molecule has 9 heterocycles. The second-order valence-corrected chi connectivity index (χ2v) is 21.2. The Hall–Kier alpha value is -7.18. The van der Waals surface area contributed by atoms with Gasteiger partial charge < -0.3 is 48.8 Å². The predicted molar refractivity (Wildman–Crippen MR) is 296 cm³/mol. The van der Waals surface area contributed by atoms with Crippen LogP contribution in [0.4, 0.5) is 42.9 Å². The summed E-state index contributed by atoms with van der Waals surface area (Å²) in [4.78, 5) is 28.0. The van der Waals surface area contributed by atoms with Gasteiger partial charge in [-0.2, -0.15) is 0 Å². The highest BCUT2D eigenvalue weighted by molar-refractivity contribution is 6.01. The fourth-order valence-electron chi connectivity index (χ4n) is 11.9. The summed E-state index contributed by atoms with van der Waals surface area (Å²) in [5.41, 5.74) is 12.9. The maximum atomic E-state index is 14.5. The van der Waals surface area contributed by atoms with E-state index < -0.39 is 11.2 Å². The van der Waals surface area contributed by atoms with E-state index in [9.17, 15) is 19.0 Å². The van der Waals surface area contributed by atoms with E-state index in [1.807, 2.05) is 69.3 Å². The molecule has 1 spiro atoms. The Morgan fingerprint density at radius 1 is 0.558 bits per heavy atom. The SMILES string of the molecule is Cc1c(-c2ccccn2)nc2cc(F)ccc2c1N1CC(CO)(CO)c2ccc(N3CCOCC3)cc21.Cc1c(-c2ccccn2)nc2cc(F)ccc2c1N1CC2(COC(C)(C)OC2)c2ccc(N3CCOCC3)cc21. The van der Waals surface area contributed by atoms with Crippen molar-refractivity contribution in [2.45, 2.75) is 44.3 Å². The van der Waals surface area contributed by atoms with Gasteiger partial charge in [0.25, 0.3) is 0 Å². The van der Waals surface area contributed by atoms with Crippen molar-refractivity contribution in [2.24, 2.45) is 0 Å². The van der Waals surface area contributed by atoms with E-state index in [4.69, 9.17) is 28.9 Å². The number of hydrogen-bond acceptors (Lipinski definition) is 14. The number of aromatic nitrogens is 4. The summed E-state index contributed by atoms with van der Waals surface area (Å²) in [5.74, 6) is -1.31. The third-order valence-corrected chi connectivity index (χ3v) is 16.0. The van der Waals surface area contributed by atoms with Crippen LogP contribution >= 0.6 is 0 Å². The molecule has 77 heavy (non-hydrogen) atoms. The van der Waals surface area contributed by atoms with Crippen LogP contribution in [-0.2, 0) is 29.8 Å². The number of ether oxygens (including phenoxy) is 4. The first-order valence-corrected chi connectivity index (χ1v) is 26.4. The highest BCUT2D eigenvalue weighted by Crippen LogP contribution is 2.53. The van der Waals surface area contributed by atoms with Gasteiger partial charge in [-0.15, -0.1) is 0 Å². The third-order valence-electron chi connectivity index (χ3n) is 16.0. The van der Waals surface area contributed by atoms with Gasteiger partial charge in [0.1, 0.15) is 11.6 Å². The van der Waals surface area contributed by atoms with Gasteiger partial charge in [-0.3, -0.25) is 9.97 Å². The number of benzene rings is 4. The van der Waals surface area contributed by atoms with Crippen molar-refractivity contribution < 1.29 is 37.9 Å². The lowest BCUT2D eigenvalue weighted by molar-refractivity contribution is -0.267. The zero-order chi connectivity index (χ0) is 53.1. The molecule has 0 amide bonds. The monoisotopic (exact) mass is 1040 g/mol. The molecule has 396 valence electrons. The van der Waals surface area contributed by atoms with Crippen molar-refractivity contribution >= 4 is 55.9 Å². The van der Waals surface area contributed by atoms with Crippen LogP contribution in [0.25, 0.3) is 44.6 Å². The fraction of sp³-hybridized carbons (Fsp3) is 0.344. The molecular weight excluding hydrogens is 979 g/mol. The molecule has 3 saturated heterocycles. The van der Waals surface area contributed by atoms with Crippen LogP contribution < -0.4 is 19.6 Å². The summed E-state index contributed by atoms with van der Waals surface area (Å²) < 4.78 is 52.6. The van der Waals surface area contributed by atoms with Gasteiger partial charge in [0.2, 0.25) is 0 Å². The number of morpholine rings is 2. The Bertz CT molecular complexity index is 3490. The Labute approximate surface area is 446 Å². The normalized spacial score (nSPS) is 18.4. The topological polar surface area (TPSA) is 142 Å². The number of aliphatic hydroxyl groups is 2. The number of fused-ring (bicyclic) bond motifs is 5. The zero-order valence-corrected chi connectivity index (χ0v) is 43.8. The number of rotatable bonds is 8. The number of pyridine rings is 4. The molecule has 0 atom stereocenters. The van der Waals surface area contributed by atoms with E-state index in [1.54, 1.807) is 18.5 Å². The van der Waals surface area contributed by atoms with Crippen molar-refractivity contribution in [1.29, 1.82) is 0 Å². The molecular formula is C61H62F2N8O6. The molecule has 14 nitrogen and oxygen atoms in total. The highest BCUT2D eigenvalue weighted by Gasteiger charge is 2.50. The average Bonchev–Trinajstić information content (AvgIpc) is 4.15. The maximum Gasteiger partial charge on any atom is 0.162 e. The summed E-state index contributed by atoms with van der Waals surface area (Å²) in [6, 6.07) is 33.9. The van der Waals surface area contributed by atoms with Gasteiger partial charge >= 0.3 is 0 Å². The lowest BCUT2D eigenvalue weighted by Gasteiger charge is -2.42. The molecule has 0 saturated carbocycles. The first kappa shape index (κ1) is 50.6. The molecule has 0 unspecified atom stereocenters. The van der Waals surface area contributed by atoms with Crippen LogP contribution in [0.2, 0.25) is 0 Å². The van der Waals surface area contributed by atoms with E-state index in [-0.39, 0.29) is 30.3 Å². The lowest BCUT2D eigenvalue weighted by atomic mass is 9.83. The first-order chi connectivity index (χ1) is 37.4. The summed E-state index contributed by atoms with van der Waals surface area (Å²) in [6.45, 7) is 15.8. The van der Waals surface area contributed by atoms with E-state index in [0.29, 0.717) is 75.2 Å². The van der Waals surface area contributed by atoms with Crippen LogP contribution in [0.3, 0.4) is 0 Å². The van der Waals surface area contributed by atoms with Crippen molar-refractivity contribution in [3.8, 4) is 22.8 Å². The van der Waals surface area contributed by atoms with Crippen LogP contribution in [-0.4, -0.2) is 128 Å². The Morgan fingerprint density at radius 2 is 1.03 bits per heavy atom. The van der Waals surface area contributed by atoms with Crippen LogP contribution in [0.15, 0.2) is 122 Å². The Morgan fingerprint density at radius 3 is 1.49 bits per heavy atom. The van der Waals surface area contributed by atoms with Gasteiger partial charge in [0.15, 0.2) is 5.79 Å². The van der Waals surface area contributed by atoms with E-state index in [1.165, 1.54) is 29.8 Å². The van der Waals surface area contributed by atoms with Gasteiger partial charge in [-0.25, -0.2) is 18.7 Å². The number of hydrogen-bond donors (Lipinski definition) is 2. The summed E-state index contributed by atoms with van der Waals surface area (Å²) in [5, 5.41) is 22.7. The predicted octanol–water partition coefficient (Wildman–Crippen LogP) is 9.71. The molecule has 8 aromatic rings. The molecule has 0 bridgehead atoms. The molecule has 4 aromatic carbocycles. The number of anilines is 6. The van der Waals surface area contributed by atoms with E-state index >= 15 is 0 Å². The van der Waals surface area contributed by atoms with Crippen molar-refractivity contribution in [3.63, 3.8) is 0 Å². The van der Waals surface area contributed by atoms with Crippen molar-refractivity contribution in [2.75, 3.05) is 112 Å². The van der Waals surface area contributed by atoms with Crippen LogP contribution in [0, 0.1) is 25.5 Å². The summed E-state index contributed by atoms with van der Waals surface area (Å²) in [6.07, 6.45) is 3.48. The molecule has 3 fully saturated rings. The first-order valence-electron chi connectivity index (χ1n) is 26.4. The summed E-state index contributed by atoms with van der Waals surface area (Å²) >= 11 is 0. The summed E-state index contributed by atoms with van der Waals surface area (Å²) in [7, 11) is 0. The molecule has 16 heteroatoms. The zero-order valence-electron chi connectivity index (χ0n) is 43.8. The molecule has 0 aliphatic carbocycles. The fourth-order valence-corrected chi connectivity index (χ4v) is 11.9. The average molecular weight is 1040 g/mol. The molecule has 5 aliphatic rings. The largest absolute Gasteiger partial charge is 0.395 e. The minimum Gasteiger partial charge on any atom is -0.395 e. The van der Waals surface area contributed by atoms with Crippen molar-refractivity contribution in [3.05, 3.63) is 155 Å². The number of halogens is 2. The molecule has 0 radical (unpaired) electrons. The lowest BCUT2D eigenvalue weighted by Crippen LogP contribution is -2.51. The highest BCUT2D eigenvalue weighted by atomic mass is 19.1. The quantitative estimate of drug-likeness (QED) is 0.149. The van der Waals surface area contributed by atoms with Gasteiger partial charge in [0, 0.05) is 108 Å².